The third-order valence-corrected chi connectivity index (χ3v) is 4.06. The highest BCUT2D eigenvalue weighted by atomic mass is 79.9. The molecule has 0 atom stereocenters. The maximum absolute atomic E-state index is 12.3. The van der Waals surface area contributed by atoms with Gasteiger partial charge in [-0.05, 0) is 53.3 Å². The maximum Gasteiger partial charge on any atom is 0.270 e. The highest BCUT2D eigenvalue weighted by Gasteiger charge is 2.09. The van der Waals surface area contributed by atoms with Crippen molar-refractivity contribution < 1.29 is 4.79 Å². The van der Waals surface area contributed by atoms with E-state index in [0.717, 1.165) is 22.1 Å². The van der Waals surface area contributed by atoms with Gasteiger partial charge in [-0.25, -0.2) is 4.98 Å². The lowest BCUT2D eigenvalue weighted by Gasteiger charge is -2.11. The summed E-state index contributed by atoms with van der Waals surface area (Å²) >= 11 is 3.42. The molecule has 1 amide bonds. The summed E-state index contributed by atoms with van der Waals surface area (Å²) < 4.78 is 2.82. The Morgan fingerprint density at radius 1 is 1.25 bits per heavy atom. The van der Waals surface area contributed by atoms with Crippen LogP contribution in [0.1, 0.15) is 21.6 Å². The number of benzene rings is 1. The standard InChI is InChI=1S/C18H19BrN4O/c1-22(2)10-14-5-3-4-13(6-14)9-20-18(24)17-8-16-7-15(19)11-23(16)12-21-17/h3-8,11-12H,9-10H2,1-2H3,(H,20,24). The zero-order valence-corrected chi connectivity index (χ0v) is 15.2. The second-order valence-electron chi connectivity index (χ2n) is 6.01. The molecule has 3 rings (SSSR count). The van der Waals surface area contributed by atoms with Crippen LogP contribution >= 0.6 is 15.9 Å². The smallest absolute Gasteiger partial charge is 0.270 e. The maximum atomic E-state index is 12.3. The first kappa shape index (κ1) is 16.7. The quantitative estimate of drug-likeness (QED) is 0.732. The van der Waals surface area contributed by atoms with Crippen LogP contribution in [0, 0.1) is 0 Å². The van der Waals surface area contributed by atoms with E-state index < -0.39 is 0 Å². The molecule has 124 valence electrons. The summed E-state index contributed by atoms with van der Waals surface area (Å²) in [5, 5.41) is 2.93. The van der Waals surface area contributed by atoms with E-state index in [0.29, 0.717) is 12.2 Å². The average Bonchev–Trinajstić information content (AvgIpc) is 2.91. The third-order valence-electron chi connectivity index (χ3n) is 3.63. The van der Waals surface area contributed by atoms with Crippen molar-refractivity contribution in [1.82, 2.24) is 19.6 Å². The Morgan fingerprint density at radius 3 is 2.83 bits per heavy atom. The van der Waals surface area contributed by atoms with Gasteiger partial charge in [0.1, 0.15) is 12.0 Å². The molecular formula is C18H19BrN4O. The van der Waals surface area contributed by atoms with E-state index in [-0.39, 0.29) is 5.91 Å². The second kappa shape index (κ2) is 7.15. The Labute approximate surface area is 149 Å². The number of fused-ring (bicyclic) bond motifs is 1. The van der Waals surface area contributed by atoms with Crippen molar-refractivity contribution in [1.29, 1.82) is 0 Å². The fraction of sp³-hybridized carbons (Fsp3) is 0.222. The normalized spacial score (nSPS) is 11.2. The van der Waals surface area contributed by atoms with E-state index in [1.54, 1.807) is 12.4 Å². The average molecular weight is 387 g/mol. The highest BCUT2D eigenvalue weighted by molar-refractivity contribution is 9.10. The Hall–Kier alpha value is -2.18. The molecule has 0 fully saturated rings. The van der Waals surface area contributed by atoms with Crippen molar-refractivity contribution >= 4 is 27.4 Å². The number of nitrogens with one attached hydrogen (secondary N) is 1. The van der Waals surface area contributed by atoms with Gasteiger partial charge in [-0.3, -0.25) is 4.79 Å². The molecule has 0 bridgehead atoms. The number of rotatable bonds is 5. The molecule has 0 spiro atoms. The zero-order chi connectivity index (χ0) is 17.1. The number of carbonyl (C=O) groups excluding carboxylic acids is 1. The molecule has 5 nitrogen and oxygen atoms in total. The molecule has 0 saturated heterocycles. The number of aromatic nitrogens is 2. The molecule has 1 N–H and O–H groups in total. The SMILES string of the molecule is CN(C)Cc1cccc(CNC(=O)c2cc3cc(Br)cn3cn2)c1. The predicted octanol–water partition coefficient (Wildman–Crippen LogP) is 3.09. The lowest BCUT2D eigenvalue weighted by Crippen LogP contribution is -2.24. The molecule has 3 aromatic rings. The van der Waals surface area contributed by atoms with Crippen LogP contribution in [0.3, 0.4) is 0 Å². The first-order valence-electron chi connectivity index (χ1n) is 7.65. The van der Waals surface area contributed by atoms with Crippen LogP contribution in [0.25, 0.3) is 5.52 Å². The molecule has 0 aliphatic heterocycles. The number of hydrogen-bond donors (Lipinski definition) is 1. The monoisotopic (exact) mass is 386 g/mol. The van der Waals surface area contributed by atoms with Gasteiger partial charge in [0.05, 0.1) is 0 Å². The fourth-order valence-electron chi connectivity index (χ4n) is 2.58. The molecule has 2 aromatic heterocycles. The van der Waals surface area contributed by atoms with E-state index in [1.807, 2.05) is 42.9 Å². The number of amides is 1. The van der Waals surface area contributed by atoms with Crippen LogP contribution in [0.2, 0.25) is 0 Å². The third kappa shape index (κ3) is 4.01. The summed E-state index contributed by atoms with van der Waals surface area (Å²) in [7, 11) is 4.08. The van der Waals surface area contributed by atoms with Crippen molar-refractivity contribution in [3.63, 3.8) is 0 Å². The topological polar surface area (TPSA) is 49.6 Å². The van der Waals surface area contributed by atoms with Gasteiger partial charge in [-0.2, -0.15) is 0 Å². The van der Waals surface area contributed by atoms with Crippen LogP contribution in [-0.2, 0) is 13.1 Å². The zero-order valence-electron chi connectivity index (χ0n) is 13.7. The van der Waals surface area contributed by atoms with Crippen molar-refractivity contribution in [3.05, 3.63) is 70.2 Å². The van der Waals surface area contributed by atoms with Crippen LogP contribution in [0.5, 0.6) is 0 Å². The van der Waals surface area contributed by atoms with Crippen LogP contribution in [0.4, 0.5) is 0 Å². The van der Waals surface area contributed by atoms with Crippen molar-refractivity contribution in [3.8, 4) is 0 Å². The lowest BCUT2D eigenvalue weighted by atomic mass is 10.1. The summed E-state index contributed by atoms with van der Waals surface area (Å²) in [6.45, 7) is 1.36. The molecular weight excluding hydrogens is 368 g/mol. The summed E-state index contributed by atoms with van der Waals surface area (Å²) in [4.78, 5) is 18.7. The van der Waals surface area contributed by atoms with Gasteiger partial charge in [-0.1, -0.05) is 24.3 Å². The summed E-state index contributed by atoms with van der Waals surface area (Å²) in [5.41, 5.74) is 3.64. The summed E-state index contributed by atoms with van der Waals surface area (Å²) in [5.74, 6) is -0.173. The Balaban J connectivity index is 1.68. The van der Waals surface area contributed by atoms with Gasteiger partial charge in [0.25, 0.3) is 5.91 Å². The van der Waals surface area contributed by atoms with Gasteiger partial charge in [-0.15, -0.1) is 0 Å². The first-order valence-corrected chi connectivity index (χ1v) is 8.44. The molecule has 6 heteroatoms. The molecule has 0 aliphatic carbocycles. The fourth-order valence-corrected chi connectivity index (χ4v) is 3.03. The molecule has 0 aliphatic rings. The number of nitrogens with zero attached hydrogens (tertiary/aromatic N) is 3. The summed E-state index contributed by atoms with van der Waals surface area (Å²) in [6, 6.07) is 12.0. The highest BCUT2D eigenvalue weighted by Crippen LogP contribution is 2.15. The molecule has 0 radical (unpaired) electrons. The first-order chi connectivity index (χ1) is 11.5. The number of carbonyl (C=O) groups is 1. The van der Waals surface area contributed by atoms with Crippen molar-refractivity contribution in [2.45, 2.75) is 13.1 Å². The molecule has 24 heavy (non-hydrogen) atoms. The Morgan fingerprint density at radius 2 is 2.04 bits per heavy atom. The van der Waals surface area contributed by atoms with Crippen molar-refractivity contribution in [2.75, 3.05) is 14.1 Å². The minimum Gasteiger partial charge on any atom is -0.347 e. The van der Waals surface area contributed by atoms with Gasteiger partial charge >= 0.3 is 0 Å². The second-order valence-corrected chi connectivity index (χ2v) is 6.92. The Bertz CT molecular complexity index is 872. The molecule has 0 saturated carbocycles. The van der Waals surface area contributed by atoms with Crippen LogP contribution < -0.4 is 5.32 Å². The molecule has 2 heterocycles. The van der Waals surface area contributed by atoms with Gasteiger partial charge in [0.2, 0.25) is 0 Å². The van der Waals surface area contributed by atoms with Gasteiger partial charge in [0.15, 0.2) is 0 Å². The Kier molecular flexibility index (Phi) is 4.97. The minimum atomic E-state index is -0.173. The van der Waals surface area contributed by atoms with E-state index >= 15 is 0 Å². The van der Waals surface area contributed by atoms with E-state index in [9.17, 15) is 4.79 Å². The van der Waals surface area contributed by atoms with Gasteiger partial charge in [0, 0.05) is 29.3 Å². The molecule has 1 aromatic carbocycles. The van der Waals surface area contributed by atoms with E-state index in [2.05, 4.69) is 43.3 Å². The minimum absolute atomic E-state index is 0.173. The summed E-state index contributed by atoms with van der Waals surface area (Å²) in [6.07, 6.45) is 3.55. The predicted molar refractivity (Wildman–Crippen MR) is 97.9 cm³/mol. The van der Waals surface area contributed by atoms with E-state index in [4.69, 9.17) is 0 Å². The van der Waals surface area contributed by atoms with Crippen molar-refractivity contribution in [2.24, 2.45) is 0 Å². The number of halogens is 1. The van der Waals surface area contributed by atoms with Gasteiger partial charge < -0.3 is 14.6 Å². The lowest BCUT2D eigenvalue weighted by molar-refractivity contribution is 0.0946. The largest absolute Gasteiger partial charge is 0.347 e. The number of hydrogen-bond acceptors (Lipinski definition) is 3. The van der Waals surface area contributed by atoms with Crippen LogP contribution in [0.15, 0.2) is 53.4 Å². The van der Waals surface area contributed by atoms with E-state index in [1.165, 1.54) is 5.56 Å². The van der Waals surface area contributed by atoms with Crippen LogP contribution in [-0.4, -0.2) is 34.3 Å². The molecule has 0 unspecified atom stereocenters.